The summed E-state index contributed by atoms with van der Waals surface area (Å²) < 4.78 is 45.8. The average molecular weight is 494 g/mol. The standard InChI is InChI=1S/C26H26F3N7/c1-15-20(14-32-25-24(15)30-5-4-26(25,28)29)19-9-16-11-22(31-13-17(16)10-21(19)27)33-23-12-18-3-6-35(2)7-8-36(18)34-23/h9-14,30H,3-8H2,1-2H3,(H,31,33,34). The smallest absolute Gasteiger partial charge is 0.293 e. The van der Waals surface area contributed by atoms with E-state index in [2.05, 4.69) is 37.6 Å². The van der Waals surface area contributed by atoms with Crippen LogP contribution in [0, 0.1) is 12.7 Å². The fourth-order valence-electron chi connectivity index (χ4n) is 5.00. The fourth-order valence-corrected chi connectivity index (χ4v) is 5.00. The van der Waals surface area contributed by atoms with E-state index in [0.29, 0.717) is 33.7 Å². The molecule has 2 aliphatic rings. The zero-order chi connectivity index (χ0) is 25.0. The van der Waals surface area contributed by atoms with E-state index in [0.717, 1.165) is 31.4 Å². The Morgan fingerprint density at radius 3 is 2.69 bits per heavy atom. The second kappa shape index (κ2) is 8.48. The molecule has 0 saturated carbocycles. The number of nitrogens with one attached hydrogen (secondary N) is 2. The maximum Gasteiger partial charge on any atom is 0.293 e. The van der Waals surface area contributed by atoms with Crippen molar-refractivity contribution in [3.63, 3.8) is 0 Å². The van der Waals surface area contributed by atoms with Gasteiger partial charge in [-0.05, 0) is 43.1 Å². The number of aromatic nitrogens is 4. The van der Waals surface area contributed by atoms with Crippen molar-refractivity contribution in [2.45, 2.75) is 32.2 Å². The van der Waals surface area contributed by atoms with Crippen molar-refractivity contribution in [2.24, 2.45) is 0 Å². The van der Waals surface area contributed by atoms with Crippen LogP contribution >= 0.6 is 0 Å². The molecule has 3 aromatic heterocycles. The molecule has 7 nitrogen and oxygen atoms in total. The van der Waals surface area contributed by atoms with Crippen LogP contribution in [0.3, 0.4) is 0 Å². The highest BCUT2D eigenvalue weighted by atomic mass is 19.3. The molecule has 2 N–H and O–H groups in total. The van der Waals surface area contributed by atoms with Crippen LogP contribution in [-0.4, -0.2) is 51.3 Å². The van der Waals surface area contributed by atoms with Gasteiger partial charge in [0.05, 0.1) is 12.2 Å². The highest BCUT2D eigenvalue weighted by molar-refractivity contribution is 5.90. The van der Waals surface area contributed by atoms with Gasteiger partial charge in [0.2, 0.25) is 0 Å². The third-order valence-electron chi connectivity index (χ3n) is 7.09. The molecule has 186 valence electrons. The number of halogens is 3. The van der Waals surface area contributed by atoms with Crippen molar-refractivity contribution in [1.29, 1.82) is 0 Å². The summed E-state index contributed by atoms with van der Waals surface area (Å²) in [5, 5.41) is 12.4. The first-order chi connectivity index (χ1) is 17.3. The monoisotopic (exact) mass is 493 g/mol. The lowest BCUT2D eigenvalue weighted by Crippen LogP contribution is -2.28. The third-order valence-corrected chi connectivity index (χ3v) is 7.09. The van der Waals surface area contributed by atoms with Gasteiger partial charge in [0.1, 0.15) is 17.3 Å². The number of benzene rings is 1. The molecule has 0 radical (unpaired) electrons. The summed E-state index contributed by atoms with van der Waals surface area (Å²) in [6.07, 6.45) is 3.57. The number of likely N-dealkylation sites (N-methyl/N-ethyl adjacent to an activating group) is 1. The van der Waals surface area contributed by atoms with Crippen LogP contribution < -0.4 is 10.6 Å². The molecule has 5 heterocycles. The van der Waals surface area contributed by atoms with E-state index in [1.807, 2.05) is 16.8 Å². The molecule has 4 aromatic rings. The summed E-state index contributed by atoms with van der Waals surface area (Å²) in [5.74, 6) is -2.16. The number of hydrogen-bond donors (Lipinski definition) is 2. The molecule has 2 aliphatic heterocycles. The predicted octanol–water partition coefficient (Wildman–Crippen LogP) is 5.08. The molecule has 0 bridgehead atoms. The quantitative estimate of drug-likeness (QED) is 0.415. The molecular formula is C26H26F3N7. The zero-order valence-electron chi connectivity index (χ0n) is 20.1. The van der Waals surface area contributed by atoms with Gasteiger partial charge in [0, 0.05) is 73.1 Å². The molecule has 0 amide bonds. The first-order valence-corrected chi connectivity index (χ1v) is 12.0. The van der Waals surface area contributed by atoms with Crippen molar-refractivity contribution in [1.82, 2.24) is 24.6 Å². The zero-order valence-corrected chi connectivity index (χ0v) is 20.1. The number of rotatable bonds is 3. The van der Waals surface area contributed by atoms with Crippen molar-refractivity contribution >= 4 is 28.1 Å². The molecule has 0 unspecified atom stereocenters. The van der Waals surface area contributed by atoms with Gasteiger partial charge in [-0.2, -0.15) is 13.9 Å². The summed E-state index contributed by atoms with van der Waals surface area (Å²) in [4.78, 5) is 10.7. The summed E-state index contributed by atoms with van der Waals surface area (Å²) in [7, 11) is 2.11. The molecular weight excluding hydrogens is 467 g/mol. The summed E-state index contributed by atoms with van der Waals surface area (Å²) >= 11 is 0. The molecule has 0 fully saturated rings. The van der Waals surface area contributed by atoms with E-state index in [4.69, 9.17) is 0 Å². The molecule has 10 heteroatoms. The minimum atomic E-state index is -3.00. The Labute approximate surface area is 206 Å². The molecule has 0 atom stereocenters. The number of alkyl halides is 2. The number of anilines is 3. The summed E-state index contributed by atoms with van der Waals surface area (Å²) in [6, 6.07) is 7.00. The maximum atomic E-state index is 15.2. The van der Waals surface area contributed by atoms with E-state index in [1.165, 1.54) is 18.0 Å². The Hall–Kier alpha value is -3.66. The topological polar surface area (TPSA) is 70.9 Å². The molecule has 0 aliphatic carbocycles. The van der Waals surface area contributed by atoms with Crippen molar-refractivity contribution < 1.29 is 13.2 Å². The molecule has 6 rings (SSSR count). The van der Waals surface area contributed by atoms with Crippen LogP contribution in [0.15, 0.2) is 36.7 Å². The lowest BCUT2D eigenvalue weighted by molar-refractivity contribution is -0.0168. The maximum absolute atomic E-state index is 15.2. The Morgan fingerprint density at radius 1 is 0.972 bits per heavy atom. The van der Waals surface area contributed by atoms with Crippen molar-refractivity contribution in [3.05, 3.63) is 59.4 Å². The van der Waals surface area contributed by atoms with Gasteiger partial charge in [-0.1, -0.05) is 0 Å². The minimum absolute atomic E-state index is 0.140. The number of hydrogen-bond acceptors (Lipinski definition) is 6. The van der Waals surface area contributed by atoms with Gasteiger partial charge in [0.15, 0.2) is 5.82 Å². The van der Waals surface area contributed by atoms with Gasteiger partial charge in [0.25, 0.3) is 5.92 Å². The Balaban J connectivity index is 1.34. The SMILES string of the molecule is Cc1c(-c2cc3cc(Nc4cc5n(n4)CCN(C)CC5)ncc3cc2F)cnc2c1NCCC2(F)F. The van der Waals surface area contributed by atoms with Gasteiger partial charge >= 0.3 is 0 Å². The van der Waals surface area contributed by atoms with E-state index in [-0.39, 0.29) is 24.3 Å². The van der Waals surface area contributed by atoms with Gasteiger partial charge in [-0.15, -0.1) is 0 Å². The first kappa shape index (κ1) is 22.8. The molecule has 0 saturated heterocycles. The summed E-state index contributed by atoms with van der Waals surface area (Å²) in [6.45, 7) is 4.61. The van der Waals surface area contributed by atoms with Crippen LogP contribution in [0.1, 0.15) is 23.4 Å². The molecule has 1 aromatic carbocycles. The second-order valence-corrected chi connectivity index (χ2v) is 9.57. The van der Waals surface area contributed by atoms with Gasteiger partial charge < -0.3 is 15.5 Å². The van der Waals surface area contributed by atoms with Gasteiger partial charge in [-0.3, -0.25) is 9.67 Å². The van der Waals surface area contributed by atoms with Crippen LogP contribution in [0.5, 0.6) is 0 Å². The number of fused-ring (bicyclic) bond motifs is 3. The fraction of sp³-hybridized carbons (Fsp3) is 0.346. The van der Waals surface area contributed by atoms with Gasteiger partial charge in [-0.25, -0.2) is 9.37 Å². The normalized spacial score (nSPS) is 17.2. The van der Waals surface area contributed by atoms with E-state index in [1.54, 1.807) is 19.2 Å². The van der Waals surface area contributed by atoms with E-state index in [9.17, 15) is 8.78 Å². The highest BCUT2D eigenvalue weighted by Crippen LogP contribution is 2.43. The highest BCUT2D eigenvalue weighted by Gasteiger charge is 2.39. The average Bonchev–Trinajstić information content (AvgIpc) is 3.14. The van der Waals surface area contributed by atoms with E-state index < -0.39 is 11.7 Å². The Kier molecular flexibility index (Phi) is 5.36. The lowest BCUT2D eigenvalue weighted by atomic mass is 9.94. The number of nitrogens with zero attached hydrogens (tertiary/aromatic N) is 5. The van der Waals surface area contributed by atoms with Crippen LogP contribution in [0.4, 0.5) is 30.5 Å². The second-order valence-electron chi connectivity index (χ2n) is 9.57. The van der Waals surface area contributed by atoms with Crippen molar-refractivity contribution in [2.75, 3.05) is 37.3 Å². The Morgan fingerprint density at radius 2 is 1.83 bits per heavy atom. The van der Waals surface area contributed by atoms with E-state index >= 15 is 4.39 Å². The summed E-state index contributed by atoms with van der Waals surface area (Å²) in [5.41, 5.74) is 2.51. The Bertz CT molecular complexity index is 1450. The van der Waals surface area contributed by atoms with Crippen LogP contribution in [-0.2, 0) is 18.9 Å². The molecule has 36 heavy (non-hydrogen) atoms. The number of pyridine rings is 2. The third kappa shape index (κ3) is 3.95. The minimum Gasteiger partial charge on any atom is -0.383 e. The van der Waals surface area contributed by atoms with Crippen LogP contribution in [0.25, 0.3) is 21.9 Å². The van der Waals surface area contributed by atoms with Crippen LogP contribution in [0.2, 0.25) is 0 Å². The largest absolute Gasteiger partial charge is 0.383 e. The predicted molar refractivity (Wildman–Crippen MR) is 133 cm³/mol. The molecule has 0 spiro atoms. The first-order valence-electron chi connectivity index (χ1n) is 12.0. The lowest BCUT2D eigenvalue weighted by Gasteiger charge is -2.27. The van der Waals surface area contributed by atoms with Crippen molar-refractivity contribution in [3.8, 4) is 11.1 Å².